The lowest BCUT2D eigenvalue weighted by molar-refractivity contribution is 0.104. The number of nitrogens with one attached hydrogen (secondary N) is 1. The number of rotatable bonds is 8. The summed E-state index contributed by atoms with van der Waals surface area (Å²) in [5.41, 5.74) is 0. The van der Waals surface area contributed by atoms with Crippen LogP contribution >= 0.6 is 0 Å². The van der Waals surface area contributed by atoms with E-state index in [0.717, 1.165) is 13.2 Å². The highest BCUT2D eigenvalue weighted by Gasteiger charge is 2.13. The molecule has 1 fully saturated rings. The lowest BCUT2D eigenvalue weighted by atomic mass is 10.2. The van der Waals surface area contributed by atoms with Crippen molar-refractivity contribution in [3.05, 3.63) is 0 Å². The molecular formula is C12H25NO. The van der Waals surface area contributed by atoms with Crippen LogP contribution in [0.25, 0.3) is 0 Å². The topological polar surface area (TPSA) is 21.3 Å². The Kier molecular flexibility index (Phi) is 7.06. The van der Waals surface area contributed by atoms with E-state index in [9.17, 15) is 0 Å². The Morgan fingerprint density at radius 1 is 1.21 bits per heavy atom. The molecule has 1 aliphatic heterocycles. The quantitative estimate of drug-likeness (QED) is 0.607. The molecule has 2 nitrogen and oxygen atoms in total. The van der Waals surface area contributed by atoms with Crippen LogP contribution < -0.4 is 5.32 Å². The van der Waals surface area contributed by atoms with Crippen molar-refractivity contribution >= 4 is 0 Å². The summed E-state index contributed by atoms with van der Waals surface area (Å²) in [7, 11) is 0. The molecule has 1 unspecified atom stereocenters. The van der Waals surface area contributed by atoms with Gasteiger partial charge in [-0.2, -0.15) is 0 Å². The van der Waals surface area contributed by atoms with E-state index in [1.165, 1.54) is 51.5 Å². The molecule has 1 aliphatic rings. The van der Waals surface area contributed by atoms with Crippen molar-refractivity contribution < 1.29 is 4.74 Å². The molecule has 0 radical (unpaired) electrons. The molecule has 1 rings (SSSR count). The third kappa shape index (κ3) is 5.61. The maximum Gasteiger partial charge on any atom is 0.0588 e. The summed E-state index contributed by atoms with van der Waals surface area (Å²) in [5.74, 6) is 0. The molecule has 0 aromatic carbocycles. The predicted molar refractivity (Wildman–Crippen MR) is 60.6 cm³/mol. The third-order valence-corrected chi connectivity index (χ3v) is 2.87. The smallest absolute Gasteiger partial charge is 0.0588 e. The van der Waals surface area contributed by atoms with Crippen molar-refractivity contribution in [2.45, 2.75) is 58.0 Å². The van der Waals surface area contributed by atoms with E-state index < -0.39 is 0 Å². The lowest BCUT2D eigenvalue weighted by Crippen LogP contribution is -2.21. The summed E-state index contributed by atoms with van der Waals surface area (Å²) in [6.45, 7) is 5.57. The lowest BCUT2D eigenvalue weighted by Gasteiger charge is -2.09. The van der Waals surface area contributed by atoms with Gasteiger partial charge < -0.3 is 10.1 Å². The fourth-order valence-corrected chi connectivity index (χ4v) is 1.94. The van der Waals surface area contributed by atoms with Gasteiger partial charge in [0.15, 0.2) is 0 Å². The summed E-state index contributed by atoms with van der Waals surface area (Å²) in [6, 6.07) is 0. The van der Waals surface area contributed by atoms with Gasteiger partial charge in [-0.1, -0.05) is 26.2 Å². The maximum atomic E-state index is 5.56. The maximum absolute atomic E-state index is 5.56. The molecule has 0 saturated carbocycles. The Morgan fingerprint density at radius 2 is 2.14 bits per heavy atom. The highest BCUT2D eigenvalue weighted by Crippen LogP contribution is 2.14. The summed E-state index contributed by atoms with van der Waals surface area (Å²) in [6.07, 6.45) is 9.72. The van der Waals surface area contributed by atoms with Gasteiger partial charge in [0.2, 0.25) is 0 Å². The van der Waals surface area contributed by atoms with Gasteiger partial charge in [0.25, 0.3) is 0 Å². The van der Waals surface area contributed by atoms with Crippen molar-refractivity contribution in [2.75, 3.05) is 19.7 Å². The predicted octanol–water partition coefficient (Wildman–Crippen LogP) is 2.73. The van der Waals surface area contributed by atoms with Crippen LogP contribution in [0.1, 0.15) is 51.9 Å². The van der Waals surface area contributed by atoms with E-state index in [4.69, 9.17) is 4.74 Å². The second kappa shape index (κ2) is 8.25. The van der Waals surface area contributed by atoms with Crippen LogP contribution in [0, 0.1) is 0 Å². The molecule has 0 spiro atoms. The molecule has 2 heteroatoms. The fraction of sp³-hybridized carbons (Fsp3) is 1.00. The molecule has 0 amide bonds. The van der Waals surface area contributed by atoms with Gasteiger partial charge in [-0.05, 0) is 38.8 Å². The van der Waals surface area contributed by atoms with Crippen LogP contribution in [0.4, 0.5) is 0 Å². The zero-order valence-corrected chi connectivity index (χ0v) is 9.56. The van der Waals surface area contributed by atoms with Gasteiger partial charge in [0.05, 0.1) is 6.10 Å². The van der Waals surface area contributed by atoms with Crippen molar-refractivity contribution in [2.24, 2.45) is 0 Å². The molecule has 1 saturated heterocycles. The van der Waals surface area contributed by atoms with Crippen molar-refractivity contribution in [1.82, 2.24) is 5.32 Å². The Labute approximate surface area is 88.4 Å². The zero-order valence-electron chi connectivity index (χ0n) is 9.56. The molecule has 0 aliphatic carbocycles. The molecule has 1 N–H and O–H groups in total. The first-order valence-electron chi connectivity index (χ1n) is 6.26. The number of hydrogen-bond donors (Lipinski definition) is 1. The van der Waals surface area contributed by atoms with Gasteiger partial charge in [0, 0.05) is 6.61 Å². The fourth-order valence-electron chi connectivity index (χ4n) is 1.94. The summed E-state index contributed by atoms with van der Waals surface area (Å²) in [5, 5.41) is 3.49. The van der Waals surface area contributed by atoms with Gasteiger partial charge in [0.1, 0.15) is 0 Å². The van der Waals surface area contributed by atoms with E-state index >= 15 is 0 Å². The van der Waals surface area contributed by atoms with Crippen LogP contribution in [0.5, 0.6) is 0 Å². The summed E-state index contributed by atoms with van der Waals surface area (Å²) >= 11 is 0. The first-order chi connectivity index (χ1) is 6.93. The average Bonchev–Trinajstić information content (AvgIpc) is 2.69. The van der Waals surface area contributed by atoms with Crippen LogP contribution in [0.2, 0.25) is 0 Å². The van der Waals surface area contributed by atoms with Gasteiger partial charge >= 0.3 is 0 Å². The normalized spacial score (nSPS) is 21.6. The Morgan fingerprint density at radius 3 is 2.86 bits per heavy atom. The molecule has 14 heavy (non-hydrogen) atoms. The Balaban J connectivity index is 1.75. The number of ether oxygens (including phenoxy) is 1. The molecule has 1 heterocycles. The standard InChI is InChI=1S/C12H25NO/c1-2-3-4-5-9-13-10-8-12-7-6-11-14-12/h12-13H,2-11H2,1H3. The average molecular weight is 199 g/mol. The van der Waals surface area contributed by atoms with Crippen molar-refractivity contribution in [3.63, 3.8) is 0 Å². The zero-order chi connectivity index (χ0) is 10.1. The number of unbranched alkanes of at least 4 members (excludes halogenated alkanes) is 3. The van der Waals surface area contributed by atoms with Crippen LogP contribution in [0.15, 0.2) is 0 Å². The molecular weight excluding hydrogens is 174 g/mol. The van der Waals surface area contributed by atoms with E-state index in [1.54, 1.807) is 0 Å². The first-order valence-corrected chi connectivity index (χ1v) is 6.26. The van der Waals surface area contributed by atoms with Crippen molar-refractivity contribution in [3.8, 4) is 0 Å². The van der Waals surface area contributed by atoms with E-state index in [1.807, 2.05) is 0 Å². The van der Waals surface area contributed by atoms with E-state index in [0.29, 0.717) is 6.10 Å². The third-order valence-electron chi connectivity index (χ3n) is 2.87. The Bertz CT molecular complexity index is 121. The van der Waals surface area contributed by atoms with Gasteiger partial charge in [-0.15, -0.1) is 0 Å². The SMILES string of the molecule is CCCCCCNCCC1CCCO1. The van der Waals surface area contributed by atoms with E-state index in [2.05, 4.69) is 12.2 Å². The minimum Gasteiger partial charge on any atom is -0.378 e. The Hall–Kier alpha value is -0.0800. The van der Waals surface area contributed by atoms with Gasteiger partial charge in [-0.25, -0.2) is 0 Å². The second-order valence-corrected chi connectivity index (χ2v) is 4.23. The molecule has 1 atom stereocenters. The monoisotopic (exact) mass is 199 g/mol. The summed E-state index contributed by atoms with van der Waals surface area (Å²) < 4.78 is 5.56. The molecule has 0 aromatic heterocycles. The number of hydrogen-bond acceptors (Lipinski definition) is 2. The highest BCUT2D eigenvalue weighted by molar-refractivity contribution is 4.65. The highest BCUT2D eigenvalue weighted by atomic mass is 16.5. The van der Waals surface area contributed by atoms with Crippen LogP contribution in [-0.2, 0) is 4.74 Å². The molecule has 84 valence electrons. The molecule has 0 bridgehead atoms. The van der Waals surface area contributed by atoms with Crippen LogP contribution in [-0.4, -0.2) is 25.8 Å². The minimum atomic E-state index is 0.554. The first kappa shape index (κ1) is 12.0. The summed E-state index contributed by atoms with van der Waals surface area (Å²) in [4.78, 5) is 0. The minimum absolute atomic E-state index is 0.554. The van der Waals surface area contributed by atoms with E-state index in [-0.39, 0.29) is 0 Å². The second-order valence-electron chi connectivity index (χ2n) is 4.23. The largest absolute Gasteiger partial charge is 0.378 e. The molecule has 0 aromatic rings. The van der Waals surface area contributed by atoms with Crippen molar-refractivity contribution in [1.29, 1.82) is 0 Å². The van der Waals surface area contributed by atoms with Crippen LogP contribution in [0.3, 0.4) is 0 Å². The van der Waals surface area contributed by atoms with Gasteiger partial charge in [-0.3, -0.25) is 0 Å².